The molecule has 3 unspecified atom stereocenters. The van der Waals surface area contributed by atoms with Crippen molar-refractivity contribution in [1.29, 1.82) is 0 Å². The molecule has 2 amide bonds. The van der Waals surface area contributed by atoms with Gasteiger partial charge in [0.1, 0.15) is 17.1 Å². The first-order valence-corrected chi connectivity index (χ1v) is 18.1. The van der Waals surface area contributed by atoms with E-state index in [1.165, 1.54) is 23.9 Å². The van der Waals surface area contributed by atoms with Crippen molar-refractivity contribution in [3.05, 3.63) is 70.0 Å². The van der Waals surface area contributed by atoms with Crippen LogP contribution < -0.4 is 10.6 Å². The highest BCUT2D eigenvalue weighted by atomic mass is 16.7. The van der Waals surface area contributed by atoms with E-state index in [0.717, 1.165) is 5.56 Å². The van der Waals surface area contributed by atoms with Crippen LogP contribution in [0.3, 0.4) is 0 Å². The predicted molar refractivity (Wildman–Crippen MR) is 199 cm³/mol. The van der Waals surface area contributed by atoms with E-state index in [-0.39, 0.29) is 43.5 Å². The van der Waals surface area contributed by atoms with Gasteiger partial charge in [0.2, 0.25) is 6.79 Å². The number of carbonyl (C=O) groups is 6. The van der Waals surface area contributed by atoms with Crippen LogP contribution in [0.25, 0.3) is 0 Å². The average molecular weight is 763 g/mol. The van der Waals surface area contributed by atoms with Crippen LogP contribution >= 0.6 is 0 Å². The third kappa shape index (κ3) is 7.81. The Kier molecular flexibility index (Phi) is 11.5. The fraction of sp³-hybridized carbons (Fsp3) is 0.500. The number of esters is 1. The number of aliphatic hydroxyl groups excluding tert-OH is 1. The zero-order valence-corrected chi connectivity index (χ0v) is 32.2. The molecule has 55 heavy (non-hydrogen) atoms. The molecular formula is C40H50N4O11. The highest BCUT2D eigenvalue weighted by molar-refractivity contribution is 6.25. The lowest BCUT2D eigenvalue weighted by atomic mass is 9.54. The first-order chi connectivity index (χ1) is 25.7. The molecule has 0 saturated heterocycles. The predicted octanol–water partition coefficient (Wildman–Crippen LogP) is 2.68. The molecule has 1 fully saturated rings. The Balaban J connectivity index is 1.45. The fourth-order valence-corrected chi connectivity index (χ4v) is 8.25. The van der Waals surface area contributed by atoms with Gasteiger partial charge in [0.15, 0.2) is 23.0 Å². The first-order valence-electron chi connectivity index (χ1n) is 18.1. The number of phenolic OH excluding ortho intramolecular Hbond substituents is 1. The van der Waals surface area contributed by atoms with E-state index >= 15 is 0 Å². The largest absolute Gasteiger partial charge is 0.508 e. The van der Waals surface area contributed by atoms with Gasteiger partial charge in [-0.1, -0.05) is 51.1 Å². The van der Waals surface area contributed by atoms with Crippen molar-refractivity contribution in [1.82, 2.24) is 9.80 Å². The highest BCUT2D eigenvalue weighted by Crippen LogP contribution is 2.53. The maximum atomic E-state index is 14.5. The Morgan fingerprint density at radius 1 is 0.982 bits per heavy atom. The van der Waals surface area contributed by atoms with Crippen molar-refractivity contribution in [2.75, 3.05) is 46.4 Å². The Labute approximate surface area is 319 Å². The number of amides is 2. The molecule has 296 valence electrons. The summed E-state index contributed by atoms with van der Waals surface area (Å²) >= 11 is 0. The number of rotatable bonds is 11. The summed E-state index contributed by atoms with van der Waals surface area (Å²) in [6.45, 7) is 4.91. The number of ether oxygens (including phenoxy) is 2. The molecule has 2 aromatic carbocycles. The SMILES string of the molecule is CN(C)c1cc(CN(CC(C)(C)C)C(=O)OCOC(=O)CCc2ccccc2)c(O)c2c1CC1CC3[C@H](N(C)C)C(=O)C(C(N)=O)=C(O)[C@@]3(O)C(=O)C1C2=O. The first kappa shape index (κ1) is 40.9. The molecule has 1 saturated carbocycles. The highest BCUT2D eigenvalue weighted by Gasteiger charge is 2.66. The fourth-order valence-electron chi connectivity index (χ4n) is 8.25. The molecule has 15 heteroatoms. The number of aryl methyl sites for hydroxylation is 1. The summed E-state index contributed by atoms with van der Waals surface area (Å²) in [5.41, 5.74) is 3.18. The van der Waals surface area contributed by atoms with Crippen molar-refractivity contribution in [3.8, 4) is 5.75 Å². The normalized spacial score (nSPS) is 23.5. The van der Waals surface area contributed by atoms with E-state index in [2.05, 4.69) is 0 Å². The van der Waals surface area contributed by atoms with Gasteiger partial charge in [0.05, 0.1) is 24.1 Å². The van der Waals surface area contributed by atoms with Crippen molar-refractivity contribution in [3.63, 3.8) is 0 Å². The number of nitrogens with two attached hydrogens (primary N) is 1. The molecule has 0 aliphatic heterocycles. The maximum Gasteiger partial charge on any atom is 0.412 e. The van der Waals surface area contributed by atoms with Gasteiger partial charge >= 0.3 is 12.1 Å². The summed E-state index contributed by atoms with van der Waals surface area (Å²) in [6.07, 6.45) is -0.275. The van der Waals surface area contributed by atoms with Crippen LogP contribution in [0.2, 0.25) is 0 Å². The van der Waals surface area contributed by atoms with Gasteiger partial charge in [-0.15, -0.1) is 0 Å². The molecule has 0 aromatic heterocycles. The number of primary amides is 1. The lowest BCUT2D eigenvalue weighted by Crippen LogP contribution is -2.68. The van der Waals surface area contributed by atoms with Crippen molar-refractivity contribution in [2.45, 2.75) is 64.6 Å². The van der Waals surface area contributed by atoms with Crippen LogP contribution in [-0.4, -0.2) is 114 Å². The standard InChI is InChI=1S/C40H50N4O11/c1-39(2,3)19-44(38(52)55-20-54-27(45)14-13-21-11-9-8-10-12-21)18-23-17-26(42(4)5)24-15-22-16-25-31(43(6)7)34(48)30(37(41)51)36(50)40(25,53)35(49)28(22)33(47)29(24)32(23)46/h8-12,17,22,25,28,31,46,50,53H,13-16,18-20H2,1-7H3,(H2,41,51)/t22?,25?,28?,31-,40-/m0/s1. The van der Waals surface area contributed by atoms with E-state index in [1.807, 2.05) is 51.1 Å². The topological polar surface area (TPSA) is 217 Å². The van der Waals surface area contributed by atoms with E-state index < -0.39 is 94.0 Å². The molecule has 5 rings (SSSR count). The number of carbonyl (C=O) groups excluding carboxylic acids is 6. The lowest BCUT2D eigenvalue weighted by Gasteiger charge is -2.52. The minimum atomic E-state index is -2.78. The number of aliphatic hydroxyl groups is 2. The molecule has 15 nitrogen and oxygen atoms in total. The van der Waals surface area contributed by atoms with Crippen LogP contribution in [-0.2, 0) is 48.0 Å². The summed E-state index contributed by atoms with van der Waals surface area (Å²) < 4.78 is 10.5. The number of benzene rings is 2. The van der Waals surface area contributed by atoms with E-state index in [1.54, 1.807) is 25.1 Å². The molecule has 5 atom stereocenters. The van der Waals surface area contributed by atoms with Gasteiger partial charge < -0.3 is 40.3 Å². The maximum absolute atomic E-state index is 14.5. The summed E-state index contributed by atoms with van der Waals surface area (Å²) in [5.74, 6) is -9.80. The van der Waals surface area contributed by atoms with Crippen LogP contribution in [0.5, 0.6) is 5.75 Å². The van der Waals surface area contributed by atoms with Gasteiger partial charge in [-0.2, -0.15) is 0 Å². The number of fused-ring (bicyclic) bond motifs is 3. The van der Waals surface area contributed by atoms with Gasteiger partial charge in [-0.05, 0) is 61.9 Å². The third-order valence-corrected chi connectivity index (χ3v) is 10.6. The molecule has 5 N–H and O–H groups in total. The van der Waals surface area contributed by atoms with Crippen molar-refractivity contribution < 1.29 is 53.6 Å². The smallest absolute Gasteiger partial charge is 0.412 e. The molecule has 3 aliphatic rings. The second kappa shape index (κ2) is 15.5. The number of hydrogen-bond donors (Lipinski definition) is 4. The minimum absolute atomic E-state index is 0.0554. The minimum Gasteiger partial charge on any atom is -0.508 e. The van der Waals surface area contributed by atoms with Gasteiger partial charge in [-0.25, -0.2) is 4.79 Å². The van der Waals surface area contributed by atoms with Crippen molar-refractivity contribution in [2.24, 2.45) is 28.9 Å². The quantitative estimate of drug-likeness (QED) is 0.112. The number of aromatic hydroxyl groups is 1. The molecule has 0 spiro atoms. The van der Waals surface area contributed by atoms with E-state index in [9.17, 15) is 44.1 Å². The van der Waals surface area contributed by atoms with Gasteiger partial charge in [0.25, 0.3) is 5.91 Å². The Hall–Kier alpha value is -5.28. The van der Waals surface area contributed by atoms with Crippen LogP contribution in [0.1, 0.15) is 60.7 Å². The van der Waals surface area contributed by atoms with E-state index in [0.29, 0.717) is 17.7 Å². The zero-order chi connectivity index (χ0) is 40.7. The second-order valence-corrected chi connectivity index (χ2v) is 16.2. The van der Waals surface area contributed by atoms with Gasteiger partial charge in [0, 0.05) is 44.2 Å². The Morgan fingerprint density at radius 2 is 1.64 bits per heavy atom. The number of hydrogen-bond acceptors (Lipinski definition) is 13. The molecule has 0 bridgehead atoms. The molecule has 3 aliphatic carbocycles. The van der Waals surface area contributed by atoms with Crippen LogP contribution in [0.4, 0.5) is 10.5 Å². The monoisotopic (exact) mass is 762 g/mol. The van der Waals surface area contributed by atoms with Crippen molar-refractivity contribution >= 4 is 41.0 Å². The number of Topliss-reactive ketones (excluding diaryl/α,β-unsaturated/α-hetero) is 3. The van der Waals surface area contributed by atoms with E-state index in [4.69, 9.17) is 15.2 Å². The summed E-state index contributed by atoms with van der Waals surface area (Å²) in [6, 6.07) is 9.81. The van der Waals surface area contributed by atoms with Crippen LogP contribution in [0, 0.1) is 23.2 Å². The van der Waals surface area contributed by atoms with Crippen LogP contribution in [0.15, 0.2) is 47.7 Å². The third-order valence-electron chi connectivity index (χ3n) is 10.6. The lowest BCUT2D eigenvalue weighted by molar-refractivity contribution is -0.163. The summed E-state index contributed by atoms with van der Waals surface area (Å²) in [7, 11) is 6.54. The average Bonchev–Trinajstić information content (AvgIpc) is 3.09. The zero-order valence-electron chi connectivity index (χ0n) is 32.2. The number of likely N-dealkylation sites (N-methyl/N-ethyl adjacent to an activating group) is 1. The Bertz CT molecular complexity index is 1930. The van der Waals surface area contributed by atoms with Gasteiger partial charge in [-0.3, -0.25) is 28.9 Å². The number of phenols is 1. The summed E-state index contributed by atoms with van der Waals surface area (Å²) in [5, 5.41) is 34.9. The molecule has 0 heterocycles. The molecule has 0 radical (unpaired) electrons. The molecular weight excluding hydrogens is 712 g/mol. The number of ketones is 3. The number of anilines is 1. The number of nitrogens with zero attached hydrogens (tertiary/aromatic N) is 3. The second-order valence-electron chi connectivity index (χ2n) is 16.2. The Morgan fingerprint density at radius 3 is 2.22 bits per heavy atom. The summed E-state index contributed by atoms with van der Waals surface area (Å²) in [4.78, 5) is 84.9. The molecule has 2 aromatic rings.